The van der Waals surface area contributed by atoms with Gasteiger partial charge in [0.25, 0.3) is 0 Å². The summed E-state index contributed by atoms with van der Waals surface area (Å²) in [5.41, 5.74) is 2.37. The Hall–Kier alpha value is -1.57. The molecule has 0 amide bonds. The molecule has 86 valence electrons. The highest BCUT2D eigenvalue weighted by Crippen LogP contribution is 2.16. The molecule has 4 nitrogen and oxygen atoms in total. The van der Waals surface area contributed by atoms with Crippen molar-refractivity contribution in [3.63, 3.8) is 0 Å². The first-order valence-corrected chi connectivity index (χ1v) is 5.09. The van der Waals surface area contributed by atoms with E-state index in [2.05, 4.69) is 11.4 Å². The van der Waals surface area contributed by atoms with Crippen molar-refractivity contribution in [2.45, 2.75) is 13.0 Å². The highest BCUT2D eigenvalue weighted by molar-refractivity contribution is 5.58. The molecule has 0 aromatic heterocycles. The molecule has 0 spiro atoms. The molecule has 0 saturated carbocycles. The molecule has 1 aromatic rings. The Morgan fingerprint density at radius 1 is 1.56 bits per heavy atom. The molecular formula is C12H16N2O2. The molecule has 1 rings (SSSR count). The largest absolute Gasteiger partial charge is 0.389 e. The van der Waals surface area contributed by atoms with Gasteiger partial charge in [0.05, 0.1) is 24.0 Å². The SMILES string of the molecule is COCC(O)CNc1ccc(C)cc1C#N. The number of benzene rings is 1. The van der Waals surface area contributed by atoms with E-state index >= 15 is 0 Å². The second kappa shape index (κ2) is 6.11. The lowest BCUT2D eigenvalue weighted by molar-refractivity contribution is 0.0727. The molecular weight excluding hydrogens is 204 g/mol. The molecule has 0 radical (unpaired) electrons. The van der Waals surface area contributed by atoms with Crippen molar-refractivity contribution in [1.82, 2.24) is 0 Å². The van der Waals surface area contributed by atoms with Crippen LogP contribution in [-0.4, -0.2) is 31.5 Å². The number of aryl methyl sites for hydroxylation is 1. The van der Waals surface area contributed by atoms with Crippen molar-refractivity contribution in [2.75, 3.05) is 25.6 Å². The Bertz CT molecular complexity index is 385. The lowest BCUT2D eigenvalue weighted by atomic mass is 10.1. The highest BCUT2D eigenvalue weighted by atomic mass is 16.5. The van der Waals surface area contributed by atoms with Gasteiger partial charge in [0.1, 0.15) is 6.07 Å². The third-order valence-corrected chi connectivity index (χ3v) is 2.18. The summed E-state index contributed by atoms with van der Waals surface area (Å²) in [7, 11) is 1.54. The standard InChI is InChI=1S/C12H16N2O2/c1-9-3-4-12(10(5-9)6-13)14-7-11(15)8-16-2/h3-5,11,14-15H,7-8H2,1-2H3. The third-order valence-electron chi connectivity index (χ3n) is 2.18. The van der Waals surface area contributed by atoms with E-state index in [0.717, 1.165) is 11.3 Å². The average Bonchev–Trinajstić information content (AvgIpc) is 2.27. The molecule has 4 heteroatoms. The number of anilines is 1. The lowest BCUT2D eigenvalue weighted by Crippen LogP contribution is -2.24. The topological polar surface area (TPSA) is 65.3 Å². The van der Waals surface area contributed by atoms with Gasteiger partial charge in [-0.25, -0.2) is 0 Å². The number of nitrogens with zero attached hydrogens (tertiary/aromatic N) is 1. The van der Waals surface area contributed by atoms with Gasteiger partial charge >= 0.3 is 0 Å². The van der Waals surface area contributed by atoms with Crippen molar-refractivity contribution in [3.05, 3.63) is 29.3 Å². The molecule has 1 atom stereocenters. The smallest absolute Gasteiger partial charge is 0.101 e. The van der Waals surface area contributed by atoms with E-state index in [1.54, 1.807) is 0 Å². The first kappa shape index (κ1) is 12.5. The van der Waals surface area contributed by atoms with Gasteiger partial charge in [-0.3, -0.25) is 0 Å². The number of rotatable bonds is 5. The van der Waals surface area contributed by atoms with E-state index in [-0.39, 0.29) is 6.61 Å². The maximum absolute atomic E-state index is 9.46. The molecule has 2 N–H and O–H groups in total. The number of aliphatic hydroxyl groups excluding tert-OH is 1. The van der Waals surface area contributed by atoms with Crippen molar-refractivity contribution in [2.24, 2.45) is 0 Å². The van der Waals surface area contributed by atoms with Crippen LogP contribution in [0.5, 0.6) is 0 Å². The Morgan fingerprint density at radius 2 is 2.31 bits per heavy atom. The monoisotopic (exact) mass is 220 g/mol. The van der Waals surface area contributed by atoms with Crippen LogP contribution in [-0.2, 0) is 4.74 Å². The maximum atomic E-state index is 9.46. The van der Waals surface area contributed by atoms with Crippen LogP contribution >= 0.6 is 0 Å². The molecule has 16 heavy (non-hydrogen) atoms. The Kier molecular flexibility index (Phi) is 4.77. The third kappa shape index (κ3) is 3.54. The molecule has 0 aliphatic carbocycles. The number of nitrogens with one attached hydrogen (secondary N) is 1. The molecule has 0 aliphatic heterocycles. The van der Waals surface area contributed by atoms with Crippen molar-refractivity contribution in [3.8, 4) is 6.07 Å². The zero-order valence-electron chi connectivity index (χ0n) is 9.53. The average molecular weight is 220 g/mol. The van der Waals surface area contributed by atoms with Gasteiger partial charge in [-0.15, -0.1) is 0 Å². The first-order valence-electron chi connectivity index (χ1n) is 5.09. The number of aliphatic hydroxyl groups is 1. The second-order valence-electron chi connectivity index (χ2n) is 3.65. The minimum atomic E-state index is -0.571. The number of nitriles is 1. The fourth-order valence-electron chi connectivity index (χ4n) is 1.38. The summed E-state index contributed by atoms with van der Waals surface area (Å²) in [6.07, 6.45) is -0.571. The quantitative estimate of drug-likeness (QED) is 0.784. The van der Waals surface area contributed by atoms with Gasteiger partial charge in [0, 0.05) is 13.7 Å². The maximum Gasteiger partial charge on any atom is 0.101 e. The molecule has 0 heterocycles. The summed E-state index contributed by atoms with van der Waals surface area (Å²) in [6.45, 7) is 2.58. The Morgan fingerprint density at radius 3 is 2.94 bits per heavy atom. The van der Waals surface area contributed by atoms with Crippen LogP contribution in [0, 0.1) is 18.3 Å². The number of hydrogen-bond acceptors (Lipinski definition) is 4. The van der Waals surface area contributed by atoms with Gasteiger partial charge < -0.3 is 15.2 Å². The summed E-state index contributed by atoms with van der Waals surface area (Å²) in [4.78, 5) is 0. The van der Waals surface area contributed by atoms with Crippen LogP contribution in [0.25, 0.3) is 0 Å². The van der Waals surface area contributed by atoms with Crippen molar-refractivity contribution >= 4 is 5.69 Å². The van der Waals surface area contributed by atoms with Crippen LogP contribution in [0.4, 0.5) is 5.69 Å². The number of ether oxygens (including phenoxy) is 1. The molecule has 0 aliphatic rings. The van der Waals surface area contributed by atoms with Crippen LogP contribution in [0.15, 0.2) is 18.2 Å². The van der Waals surface area contributed by atoms with Crippen LogP contribution in [0.2, 0.25) is 0 Å². The van der Waals surface area contributed by atoms with Crippen LogP contribution in [0.1, 0.15) is 11.1 Å². The summed E-state index contributed by atoms with van der Waals surface area (Å²) < 4.78 is 4.81. The van der Waals surface area contributed by atoms with Gasteiger partial charge in [-0.05, 0) is 24.6 Å². The molecule has 1 aromatic carbocycles. The Balaban J connectivity index is 2.64. The predicted molar refractivity (Wildman–Crippen MR) is 62.3 cm³/mol. The fraction of sp³-hybridized carbons (Fsp3) is 0.417. The molecule has 0 bridgehead atoms. The van der Waals surface area contributed by atoms with E-state index < -0.39 is 6.10 Å². The lowest BCUT2D eigenvalue weighted by Gasteiger charge is -2.13. The van der Waals surface area contributed by atoms with E-state index in [4.69, 9.17) is 10.00 Å². The van der Waals surface area contributed by atoms with E-state index in [1.807, 2.05) is 25.1 Å². The minimum absolute atomic E-state index is 0.279. The normalized spacial score (nSPS) is 11.9. The van der Waals surface area contributed by atoms with Gasteiger partial charge in [0.2, 0.25) is 0 Å². The summed E-state index contributed by atoms with van der Waals surface area (Å²) >= 11 is 0. The van der Waals surface area contributed by atoms with E-state index in [1.165, 1.54) is 7.11 Å². The van der Waals surface area contributed by atoms with Crippen molar-refractivity contribution < 1.29 is 9.84 Å². The van der Waals surface area contributed by atoms with E-state index in [9.17, 15) is 5.11 Å². The van der Waals surface area contributed by atoms with Crippen LogP contribution in [0.3, 0.4) is 0 Å². The summed E-state index contributed by atoms with van der Waals surface area (Å²) in [6, 6.07) is 7.69. The zero-order valence-corrected chi connectivity index (χ0v) is 9.53. The predicted octanol–water partition coefficient (Wildman–Crippen LogP) is 1.29. The fourth-order valence-corrected chi connectivity index (χ4v) is 1.38. The molecule has 0 saturated heterocycles. The van der Waals surface area contributed by atoms with Gasteiger partial charge in [-0.1, -0.05) is 6.07 Å². The van der Waals surface area contributed by atoms with Gasteiger partial charge in [-0.2, -0.15) is 5.26 Å². The zero-order chi connectivity index (χ0) is 12.0. The summed E-state index contributed by atoms with van der Waals surface area (Å²) in [5.74, 6) is 0. The van der Waals surface area contributed by atoms with Gasteiger partial charge in [0.15, 0.2) is 0 Å². The summed E-state index contributed by atoms with van der Waals surface area (Å²) in [5, 5.41) is 21.4. The minimum Gasteiger partial charge on any atom is -0.389 e. The Labute approximate surface area is 95.5 Å². The highest BCUT2D eigenvalue weighted by Gasteiger charge is 2.05. The first-order chi connectivity index (χ1) is 7.67. The van der Waals surface area contributed by atoms with Crippen molar-refractivity contribution in [1.29, 1.82) is 5.26 Å². The molecule has 0 fully saturated rings. The van der Waals surface area contributed by atoms with Crippen LogP contribution < -0.4 is 5.32 Å². The number of methoxy groups -OCH3 is 1. The van der Waals surface area contributed by atoms with E-state index in [0.29, 0.717) is 12.1 Å². The molecule has 1 unspecified atom stereocenters. The number of hydrogen-bond donors (Lipinski definition) is 2. The second-order valence-corrected chi connectivity index (χ2v) is 3.65.